The number of carboxylic acid groups (broad SMARTS) is 1. The van der Waals surface area contributed by atoms with Gasteiger partial charge in [-0.05, 0) is 32.1 Å². The molecule has 0 saturated heterocycles. The Hall–Kier alpha value is -1.30. The van der Waals surface area contributed by atoms with Crippen LogP contribution in [0.4, 0.5) is 4.79 Å². The van der Waals surface area contributed by atoms with Gasteiger partial charge in [0.05, 0.1) is 12.1 Å². The Morgan fingerprint density at radius 3 is 2.50 bits per heavy atom. The molecule has 2 unspecified atom stereocenters. The average Bonchev–Trinajstić information content (AvgIpc) is 3.06. The second-order valence-electron chi connectivity index (χ2n) is 5.72. The molecule has 2 atom stereocenters. The van der Waals surface area contributed by atoms with E-state index in [1.165, 1.54) is 4.90 Å². The van der Waals surface area contributed by atoms with Crippen molar-refractivity contribution in [2.75, 3.05) is 13.7 Å². The van der Waals surface area contributed by atoms with E-state index in [4.69, 9.17) is 9.84 Å². The van der Waals surface area contributed by atoms with Gasteiger partial charge in [-0.2, -0.15) is 0 Å². The molecule has 6 heteroatoms. The monoisotopic (exact) mass is 284 g/mol. The smallest absolute Gasteiger partial charge is 0.323 e. The van der Waals surface area contributed by atoms with Gasteiger partial charge in [-0.3, -0.25) is 4.79 Å². The molecule has 2 saturated carbocycles. The van der Waals surface area contributed by atoms with Gasteiger partial charge in [0, 0.05) is 13.2 Å². The minimum atomic E-state index is -0.957. The molecule has 0 radical (unpaired) electrons. The molecule has 2 fully saturated rings. The number of nitrogens with one attached hydrogen (secondary N) is 1. The van der Waals surface area contributed by atoms with Gasteiger partial charge in [0.25, 0.3) is 0 Å². The van der Waals surface area contributed by atoms with E-state index in [1.54, 1.807) is 7.11 Å². The second-order valence-corrected chi connectivity index (χ2v) is 5.72. The molecule has 0 aromatic rings. The molecule has 2 rings (SSSR count). The molecule has 0 aliphatic heterocycles. The van der Waals surface area contributed by atoms with E-state index in [2.05, 4.69) is 5.32 Å². The van der Waals surface area contributed by atoms with Crippen LogP contribution in [0.1, 0.15) is 44.9 Å². The lowest BCUT2D eigenvalue weighted by Crippen LogP contribution is -2.52. The van der Waals surface area contributed by atoms with Crippen LogP contribution in [0.15, 0.2) is 0 Å². The van der Waals surface area contributed by atoms with Gasteiger partial charge in [0.15, 0.2) is 0 Å². The highest BCUT2D eigenvalue weighted by Gasteiger charge is 2.33. The van der Waals surface area contributed by atoms with E-state index in [0.29, 0.717) is 0 Å². The van der Waals surface area contributed by atoms with Crippen LogP contribution in [0, 0.1) is 0 Å². The lowest BCUT2D eigenvalue weighted by Gasteiger charge is -2.30. The quantitative estimate of drug-likeness (QED) is 0.803. The molecule has 2 N–H and O–H groups in total. The van der Waals surface area contributed by atoms with Crippen molar-refractivity contribution in [2.45, 2.75) is 63.1 Å². The van der Waals surface area contributed by atoms with Gasteiger partial charge in [0.1, 0.15) is 6.54 Å². The van der Waals surface area contributed by atoms with Crippen LogP contribution in [0.3, 0.4) is 0 Å². The third kappa shape index (κ3) is 3.62. The lowest BCUT2D eigenvalue weighted by atomic mass is 10.2. The van der Waals surface area contributed by atoms with Gasteiger partial charge in [-0.25, -0.2) is 4.79 Å². The summed E-state index contributed by atoms with van der Waals surface area (Å²) < 4.78 is 5.36. The molecular weight excluding hydrogens is 260 g/mol. The van der Waals surface area contributed by atoms with Crippen LogP contribution in [0.5, 0.6) is 0 Å². The number of hydrogen-bond donors (Lipinski definition) is 2. The fourth-order valence-electron chi connectivity index (χ4n) is 3.34. The molecule has 0 bridgehead atoms. The molecule has 0 aromatic carbocycles. The summed E-state index contributed by atoms with van der Waals surface area (Å²) in [5.74, 6) is -0.957. The highest BCUT2D eigenvalue weighted by Crippen LogP contribution is 2.25. The molecule has 2 aliphatic rings. The number of ether oxygens (including phenoxy) is 1. The zero-order chi connectivity index (χ0) is 14.5. The van der Waals surface area contributed by atoms with Crippen LogP contribution < -0.4 is 5.32 Å². The number of hydrogen-bond acceptors (Lipinski definition) is 3. The van der Waals surface area contributed by atoms with E-state index in [-0.39, 0.29) is 30.8 Å². The zero-order valence-electron chi connectivity index (χ0n) is 12.0. The maximum Gasteiger partial charge on any atom is 0.323 e. The SMILES string of the molecule is COC1CCCC1NC(=O)N(CC(=O)O)C1CCCC1. The molecule has 20 heavy (non-hydrogen) atoms. The highest BCUT2D eigenvalue weighted by molar-refractivity contribution is 5.80. The first kappa shape index (κ1) is 15.1. The number of carboxylic acids is 1. The molecule has 0 aromatic heterocycles. The third-order valence-electron chi connectivity index (χ3n) is 4.40. The number of carbonyl (C=O) groups excluding carboxylic acids is 1. The normalized spacial score (nSPS) is 26.6. The largest absolute Gasteiger partial charge is 0.480 e. The number of rotatable bonds is 5. The predicted octanol–water partition coefficient (Wildman–Crippen LogP) is 1.59. The Bertz CT molecular complexity index is 355. The van der Waals surface area contributed by atoms with Gasteiger partial charge >= 0.3 is 12.0 Å². The summed E-state index contributed by atoms with van der Waals surface area (Å²) in [7, 11) is 1.65. The minimum Gasteiger partial charge on any atom is -0.480 e. The van der Waals surface area contributed by atoms with Crippen LogP contribution in [-0.2, 0) is 9.53 Å². The van der Waals surface area contributed by atoms with Gasteiger partial charge in [-0.1, -0.05) is 12.8 Å². The number of nitrogens with zero attached hydrogens (tertiary/aromatic N) is 1. The third-order valence-corrected chi connectivity index (χ3v) is 4.40. The van der Waals surface area contributed by atoms with Gasteiger partial charge < -0.3 is 20.1 Å². The predicted molar refractivity (Wildman–Crippen MR) is 73.6 cm³/mol. The molecular formula is C14H24N2O4. The van der Waals surface area contributed by atoms with Gasteiger partial charge in [0.2, 0.25) is 0 Å². The molecule has 2 amide bonds. The summed E-state index contributed by atoms with van der Waals surface area (Å²) >= 11 is 0. The van der Waals surface area contributed by atoms with Gasteiger partial charge in [-0.15, -0.1) is 0 Å². The minimum absolute atomic E-state index is 0.00481. The molecule has 6 nitrogen and oxygen atoms in total. The second kappa shape index (κ2) is 6.92. The zero-order valence-corrected chi connectivity index (χ0v) is 12.0. The summed E-state index contributed by atoms with van der Waals surface area (Å²) in [6, 6.07) is -0.188. The van der Waals surface area contributed by atoms with Crippen molar-refractivity contribution < 1.29 is 19.4 Å². The Morgan fingerprint density at radius 2 is 1.90 bits per heavy atom. The van der Waals surface area contributed by atoms with Crippen molar-refractivity contribution in [3.8, 4) is 0 Å². The molecule has 0 spiro atoms. The Kier molecular flexibility index (Phi) is 5.23. The maximum absolute atomic E-state index is 12.4. The van der Waals surface area contributed by atoms with Crippen molar-refractivity contribution in [2.24, 2.45) is 0 Å². The fourth-order valence-corrected chi connectivity index (χ4v) is 3.34. The maximum atomic E-state index is 12.4. The molecule has 2 aliphatic carbocycles. The number of amides is 2. The first-order valence-electron chi connectivity index (χ1n) is 7.43. The van der Waals surface area contributed by atoms with Crippen molar-refractivity contribution in [1.82, 2.24) is 10.2 Å². The van der Waals surface area contributed by atoms with E-state index in [1.807, 2.05) is 0 Å². The summed E-state index contributed by atoms with van der Waals surface area (Å²) in [6.07, 6.45) is 6.87. The Morgan fingerprint density at radius 1 is 1.20 bits per heavy atom. The number of carbonyl (C=O) groups is 2. The van der Waals surface area contributed by atoms with Crippen molar-refractivity contribution in [3.63, 3.8) is 0 Å². The van der Waals surface area contributed by atoms with E-state index in [9.17, 15) is 9.59 Å². The Labute approximate surface area is 119 Å². The van der Waals surface area contributed by atoms with Crippen LogP contribution in [0.25, 0.3) is 0 Å². The van der Waals surface area contributed by atoms with Crippen molar-refractivity contribution >= 4 is 12.0 Å². The highest BCUT2D eigenvalue weighted by atomic mass is 16.5. The molecule has 114 valence electrons. The van der Waals surface area contributed by atoms with E-state index < -0.39 is 5.97 Å². The van der Waals surface area contributed by atoms with E-state index >= 15 is 0 Å². The van der Waals surface area contributed by atoms with Crippen LogP contribution in [-0.4, -0.2) is 53.8 Å². The topological polar surface area (TPSA) is 78.9 Å². The first-order valence-corrected chi connectivity index (χ1v) is 7.43. The summed E-state index contributed by atoms with van der Waals surface area (Å²) in [6.45, 7) is -0.221. The summed E-state index contributed by atoms with van der Waals surface area (Å²) in [5, 5.41) is 12.0. The van der Waals surface area contributed by atoms with Crippen LogP contribution >= 0.6 is 0 Å². The standard InChI is InChI=1S/C14H24N2O4/c1-20-12-8-4-7-11(12)15-14(19)16(9-13(17)18)10-5-2-3-6-10/h10-12H,2-9H2,1H3,(H,15,19)(H,17,18). The first-order chi connectivity index (χ1) is 9.61. The average molecular weight is 284 g/mol. The summed E-state index contributed by atoms with van der Waals surface area (Å²) in [5.41, 5.74) is 0. The molecule has 0 heterocycles. The van der Waals surface area contributed by atoms with Crippen LogP contribution in [0.2, 0.25) is 0 Å². The van der Waals surface area contributed by atoms with E-state index in [0.717, 1.165) is 44.9 Å². The number of urea groups is 1. The summed E-state index contributed by atoms with van der Waals surface area (Å²) in [4.78, 5) is 24.8. The lowest BCUT2D eigenvalue weighted by molar-refractivity contribution is -0.138. The van der Waals surface area contributed by atoms with Crippen molar-refractivity contribution in [1.29, 1.82) is 0 Å². The fraction of sp³-hybridized carbons (Fsp3) is 0.857. The Balaban J connectivity index is 1.96. The number of aliphatic carboxylic acids is 1. The number of methoxy groups -OCH3 is 1. The van der Waals surface area contributed by atoms with Crippen molar-refractivity contribution in [3.05, 3.63) is 0 Å².